The van der Waals surface area contributed by atoms with Gasteiger partial charge in [0.15, 0.2) is 8.32 Å². The lowest BCUT2D eigenvalue weighted by Gasteiger charge is -2.46. The van der Waals surface area contributed by atoms with E-state index in [1.165, 1.54) is 0 Å². The van der Waals surface area contributed by atoms with E-state index in [2.05, 4.69) is 40.8 Å². The van der Waals surface area contributed by atoms with Crippen molar-refractivity contribution >= 4 is 14.3 Å². The van der Waals surface area contributed by atoms with Gasteiger partial charge >= 0.3 is 5.97 Å². The maximum absolute atomic E-state index is 11.4. The molecule has 3 nitrogen and oxygen atoms in total. The predicted octanol–water partition coefficient (Wildman–Crippen LogP) is 3.51. The first-order valence-electron chi connectivity index (χ1n) is 6.38. The first kappa shape index (κ1) is 14.7. The van der Waals surface area contributed by atoms with E-state index >= 15 is 0 Å². The Kier molecular flexibility index (Phi) is 3.80. The number of carbonyl (C=O) groups is 1. The van der Waals surface area contributed by atoms with Crippen molar-refractivity contribution in [2.24, 2.45) is 11.3 Å². The molecule has 1 aliphatic carbocycles. The molecule has 1 rings (SSSR count). The number of aliphatic carboxylic acids is 1. The third kappa shape index (κ3) is 2.91. The van der Waals surface area contributed by atoms with Gasteiger partial charge in [-0.15, -0.1) is 0 Å². The van der Waals surface area contributed by atoms with Crippen LogP contribution in [0.3, 0.4) is 0 Å². The van der Waals surface area contributed by atoms with Crippen LogP contribution in [-0.2, 0) is 9.22 Å². The average molecular weight is 258 g/mol. The SMILES string of the molecule is CC(C)(C)[Si](C)(C)OC[C@]1(C(=O)O)C[C@H](C)C1. The predicted molar refractivity (Wildman–Crippen MR) is 71.6 cm³/mol. The summed E-state index contributed by atoms with van der Waals surface area (Å²) in [7, 11) is -1.83. The van der Waals surface area contributed by atoms with Gasteiger partial charge in [-0.2, -0.15) is 0 Å². The minimum atomic E-state index is -1.83. The van der Waals surface area contributed by atoms with Crippen LogP contribution in [0.4, 0.5) is 0 Å². The molecule has 0 amide bonds. The molecule has 0 atom stereocenters. The van der Waals surface area contributed by atoms with Crippen molar-refractivity contribution in [3.05, 3.63) is 0 Å². The van der Waals surface area contributed by atoms with Crippen molar-refractivity contribution in [3.63, 3.8) is 0 Å². The Morgan fingerprint density at radius 2 is 1.88 bits per heavy atom. The molecular formula is C13H26O3Si. The maximum atomic E-state index is 11.4. The molecule has 0 unspecified atom stereocenters. The van der Waals surface area contributed by atoms with Gasteiger partial charge in [-0.25, -0.2) is 0 Å². The standard InChI is InChI=1S/C13H26O3Si/c1-10-7-13(8-10,11(14)15)9-16-17(5,6)12(2,3)4/h10H,7-9H2,1-6H3,(H,14,15)/t10-,13-. The molecule has 1 fully saturated rings. The van der Waals surface area contributed by atoms with E-state index in [1.54, 1.807) is 0 Å². The lowest BCUT2D eigenvalue weighted by Crippen LogP contribution is -2.51. The van der Waals surface area contributed by atoms with Crippen molar-refractivity contribution in [3.8, 4) is 0 Å². The van der Waals surface area contributed by atoms with Gasteiger partial charge < -0.3 is 9.53 Å². The highest BCUT2D eigenvalue weighted by Gasteiger charge is 2.50. The van der Waals surface area contributed by atoms with Crippen molar-refractivity contribution in [1.82, 2.24) is 0 Å². The molecule has 0 radical (unpaired) electrons. The zero-order chi connectivity index (χ0) is 13.5. The van der Waals surface area contributed by atoms with E-state index in [9.17, 15) is 9.90 Å². The summed E-state index contributed by atoms with van der Waals surface area (Å²) in [6.07, 6.45) is 1.52. The Morgan fingerprint density at radius 3 is 2.18 bits per heavy atom. The summed E-state index contributed by atoms with van der Waals surface area (Å²) < 4.78 is 6.07. The first-order valence-corrected chi connectivity index (χ1v) is 9.28. The van der Waals surface area contributed by atoms with Gasteiger partial charge in [0.05, 0.1) is 12.0 Å². The van der Waals surface area contributed by atoms with Gasteiger partial charge in [-0.3, -0.25) is 4.79 Å². The van der Waals surface area contributed by atoms with E-state index in [0.29, 0.717) is 12.5 Å². The monoisotopic (exact) mass is 258 g/mol. The van der Waals surface area contributed by atoms with Gasteiger partial charge in [-0.1, -0.05) is 27.7 Å². The summed E-state index contributed by atoms with van der Waals surface area (Å²) in [5.74, 6) is -0.163. The summed E-state index contributed by atoms with van der Waals surface area (Å²) in [4.78, 5) is 11.4. The highest BCUT2D eigenvalue weighted by Crippen LogP contribution is 2.47. The second-order valence-electron chi connectivity index (χ2n) is 7.15. The van der Waals surface area contributed by atoms with Crippen LogP contribution >= 0.6 is 0 Å². The molecule has 0 bridgehead atoms. The smallest absolute Gasteiger partial charge is 0.311 e. The van der Waals surface area contributed by atoms with Crippen LogP contribution in [0.1, 0.15) is 40.5 Å². The third-order valence-corrected chi connectivity index (χ3v) is 8.93. The van der Waals surface area contributed by atoms with Crippen LogP contribution in [-0.4, -0.2) is 26.0 Å². The molecule has 0 aromatic heterocycles. The normalized spacial score (nSPS) is 29.9. The zero-order valence-corrected chi connectivity index (χ0v) is 13.0. The van der Waals surface area contributed by atoms with Crippen LogP contribution < -0.4 is 0 Å². The van der Waals surface area contributed by atoms with Crippen LogP contribution in [0.2, 0.25) is 18.1 Å². The minimum Gasteiger partial charge on any atom is -0.481 e. The molecular weight excluding hydrogens is 232 g/mol. The summed E-state index contributed by atoms with van der Waals surface area (Å²) >= 11 is 0. The summed E-state index contributed by atoms with van der Waals surface area (Å²) in [5.41, 5.74) is -0.602. The molecule has 0 saturated heterocycles. The Balaban J connectivity index is 2.64. The number of rotatable bonds is 4. The Labute approximate surface area is 106 Å². The highest BCUT2D eigenvalue weighted by atomic mass is 28.4. The maximum Gasteiger partial charge on any atom is 0.311 e. The molecule has 1 saturated carbocycles. The number of hydrogen-bond acceptors (Lipinski definition) is 2. The third-order valence-electron chi connectivity index (χ3n) is 4.45. The molecule has 0 spiro atoms. The Morgan fingerprint density at radius 1 is 1.41 bits per heavy atom. The lowest BCUT2D eigenvalue weighted by atomic mass is 9.63. The van der Waals surface area contributed by atoms with Crippen LogP contribution in [0.25, 0.3) is 0 Å². The Bertz CT molecular complexity index is 298. The summed E-state index contributed by atoms with van der Waals surface area (Å²) in [6, 6.07) is 0. The van der Waals surface area contributed by atoms with Crippen molar-refractivity contribution in [2.75, 3.05) is 6.61 Å². The van der Waals surface area contributed by atoms with Crippen LogP contribution in [0.5, 0.6) is 0 Å². The molecule has 1 aliphatic rings. The zero-order valence-electron chi connectivity index (χ0n) is 12.0. The molecule has 0 aromatic carbocycles. The summed E-state index contributed by atoms with van der Waals surface area (Å²) in [5, 5.41) is 9.48. The van der Waals surface area contributed by atoms with E-state index < -0.39 is 19.7 Å². The summed E-state index contributed by atoms with van der Waals surface area (Å²) in [6.45, 7) is 13.4. The topological polar surface area (TPSA) is 46.5 Å². The van der Waals surface area contributed by atoms with Gasteiger partial charge in [0.1, 0.15) is 0 Å². The fraction of sp³-hybridized carbons (Fsp3) is 0.923. The quantitative estimate of drug-likeness (QED) is 0.785. The molecule has 0 heterocycles. The van der Waals surface area contributed by atoms with Gasteiger partial charge in [0, 0.05) is 0 Å². The fourth-order valence-electron chi connectivity index (χ4n) is 2.16. The second-order valence-corrected chi connectivity index (χ2v) is 12.0. The molecule has 17 heavy (non-hydrogen) atoms. The van der Waals surface area contributed by atoms with E-state index in [0.717, 1.165) is 12.8 Å². The number of carboxylic acids is 1. The molecule has 100 valence electrons. The van der Waals surface area contributed by atoms with Crippen molar-refractivity contribution in [2.45, 2.75) is 58.7 Å². The number of carboxylic acid groups (broad SMARTS) is 1. The van der Waals surface area contributed by atoms with E-state index in [-0.39, 0.29) is 5.04 Å². The Hall–Kier alpha value is -0.353. The van der Waals surface area contributed by atoms with Crippen molar-refractivity contribution < 1.29 is 14.3 Å². The van der Waals surface area contributed by atoms with Crippen molar-refractivity contribution in [1.29, 1.82) is 0 Å². The number of hydrogen-bond donors (Lipinski definition) is 1. The van der Waals surface area contributed by atoms with E-state index in [1.807, 2.05) is 0 Å². The second kappa shape index (κ2) is 4.39. The molecule has 1 N–H and O–H groups in total. The molecule has 4 heteroatoms. The van der Waals surface area contributed by atoms with Gasteiger partial charge in [0.2, 0.25) is 0 Å². The molecule has 0 aromatic rings. The van der Waals surface area contributed by atoms with Crippen LogP contribution in [0, 0.1) is 11.3 Å². The highest BCUT2D eigenvalue weighted by molar-refractivity contribution is 6.74. The van der Waals surface area contributed by atoms with E-state index in [4.69, 9.17) is 4.43 Å². The van der Waals surface area contributed by atoms with Gasteiger partial charge in [-0.05, 0) is 36.9 Å². The van der Waals surface area contributed by atoms with Crippen LogP contribution in [0.15, 0.2) is 0 Å². The fourth-order valence-corrected chi connectivity index (χ4v) is 3.23. The largest absolute Gasteiger partial charge is 0.481 e. The molecule has 0 aliphatic heterocycles. The minimum absolute atomic E-state index is 0.141. The average Bonchev–Trinajstić information content (AvgIpc) is 2.07. The first-order chi connectivity index (χ1) is 7.50. The lowest BCUT2D eigenvalue weighted by molar-refractivity contribution is -0.161. The van der Waals surface area contributed by atoms with Gasteiger partial charge in [0.25, 0.3) is 0 Å².